The Morgan fingerprint density at radius 1 is 1.05 bits per heavy atom. The fraction of sp³-hybridized carbons (Fsp3) is 0.368. The third-order valence-corrected chi connectivity index (χ3v) is 4.21. The highest BCUT2D eigenvalue weighted by Crippen LogP contribution is 2.18. The molecule has 1 saturated heterocycles. The van der Waals surface area contributed by atoms with Crippen LogP contribution in [0.2, 0.25) is 0 Å². The zero-order chi connectivity index (χ0) is 14.5. The minimum atomic E-state index is 0.444. The SMILES string of the molecule is Cc1ccc(CN2CCCNC(c3ccccc3)C2)cc1. The second-order valence-electron chi connectivity index (χ2n) is 5.99. The van der Waals surface area contributed by atoms with E-state index >= 15 is 0 Å². The molecule has 0 saturated carbocycles. The number of nitrogens with zero attached hydrogens (tertiary/aromatic N) is 1. The van der Waals surface area contributed by atoms with Crippen LogP contribution in [0.15, 0.2) is 54.6 Å². The molecule has 0 bridgehead atoms. The number of benzene rings is 2. The summed E-state index contributed by atoms with van der Waals surface area (Å²) in [7, 11) is 0. The van der Waals surface area contributed by atoms with Crippen molar-refractivity contribution in [1.29, 1.82) is 0 Å². The molecule has 1 aliphatic heterocycles. The fourth-order valence-electron chi connectivity index (χ4n) is 3.00. The summed E-state index contributed by atoms with van der Waals surface area (Å²) in [6, 6.07) is 20.2. The third kappa shape index (κ3) is 3.93. The standard InChI is InChI=1S/C19H24N2/c1-16-8-10-17(11-9-16)14-21-13-5-12-20-19(15-21)18-6-3-2-4-7-18/h2-4,6-11,19-20H,5,12-15H2,1H3. The molecule has 3 rings (SSSR count). The summed E-state index contributed by atoms with van der Waals surface area (Å²) in [4.78, 5) is 2.57. The maximum Gasteiger partial charge on any atom is 0.0449 e. The van der Waals surface area contributed by atoms with Crippen LogP contribution in [-0.4, -0.2) is 24.5 Å². The van der Waals surface area contributed by atoms with Crippen LogP contribution in [0.25, 0.3) is 0 Å². The van der Waals surface area contributed by atoms with Gasteiger partial charge in [-0.05, 0) is 37.6 Å². The molecule has 0 aliphatic carbocycles. The van der Waals surface area contributed by atoms with E-state index in [1.54, 1.807) is 0 Å². The lowest BCUT2D eigenvalue weighted by molar-refractivity contribution is 0.261. The van der Waals surface area contributed by atoms with Gasteiger partial charge in [-0.1, -0.05) is 60.2 Å². The minimum absolute atomic E-state index is 0.444. The van der Waals surface area contributed by atoms with Crippen LogP contribution in [0.1, 0.15) is 29.2 Å². The summed E-state index contributed by atoms with van der Waals surface area (Å²) >= 11 is 0. The van der Waals surface area contributed by atoms with E-state index in [2.05, 4.69) is 71.7 Å². The van der Waals surface area contributed by atoms with Gasteiger partial charge in [0.05, 0.1) is 0 Å². The van der Waals surface area contributed by atoms with Crippen molar-refractivity contribution in [1.82, 2.24) is 10.2 Å². The van der Waals surface area contributed by atoms with Gasteiger partial charge in [-0.15, -0.1) is 0 Å². The molecule has 1 N–H and O–H groups in total. The highest BCUT2D eigenvalue weighted by atomic mass is 15.2. The zero-order valence-corrected chi connectivity index (χ0v) is 12.8. The van der Waals surface area contributed by atoms with E-state index in [4.69, 9.17) is 0 Å². The van der Waals surface area contributed by atoms with Crippen LogP contribution in [0.3, 0.4) is 0 Å². The van der Waals surface area contributed by atoms with Crippen LogP contribution >= 0.6 is 0 Å². The van der Waals surface area contributed by atoms with Crippen molar-refractivity contribution in [3.8, 4) is 0 Å². The van der Waals surface area contributed by atoms with Crippen LogP contribution in [0.4, 0.5) is 0 Å². The molecule has 2 aromatic rings. The van der Waals surface area contributed by atoms with Gasteiger partial charge in [0.25, 0.3) is 0 Å². The predicted octanol–water partition coefficient (Wildman–Crippen LogP) is 3.53. The van der Waals surface area contributed by atoms with Gasteiger partial charge in [-0.3, -0.25) is 4.90 Å². The first-order valence-electron chi connectivity index (χ1n) is 7.87. The highest BCUT2D eigenvalue weighted by molar-refractivity contribution is 5.22. The summed E-state index contributed by atoms with van der Waals surface area (Å²) < 4.78 is 0. The average molecular weight is 280 g/mol. The van der Waals surface area contributed by atoms with Crippen molar-refractivity contribution in [2.75, 3.05) is 19.6 Å². The molecule has 1 fully saturated rings. The van der Waals surface area contributed by atoms with Gasteiger partial charge in [0.1, 0.15) is 0 Å². The molecule has 1 unspecified atom stereocenters. The molecule has 1 aliphatic rings. The Kier molecular flexibility index (Phi) is 4.69. The van der Waals surface area contributed by atoms with Gasteiger partial charge in [0.2, 0.25) is 0 Å². The number of nitrogens with one attached hydrogen (secondary N) is 1. The first-order chi connectivity index (χ1) is 10.3. The number of hydrogen-bond donors (Lipinski definition) is 1. The lowest BCUT2D eigenvalue weighted by Crippen LogP contribution is -2.31. The molecule has 0 spiro atoms. The molecular formula is C19H24N2. The van der Waals surface area contributed by atoms with Gasteiger partial charge in [-0.2, -0.15) is 0 Å². The van der Waals surface area contributed by atoms with Gasteiger partial charge in [0, 0.05) is 19.1 Å². The molecule has 0 amide bonds. The maximum atomic E-state index is 3.68. The predicted molar refractivity (Wildman–Crippen MR) is 88.3 cm³/mol. The van der Waals surface area contributed by atoms with Crippen LogP contribution < -0.4 is 5.32 Å². The number of aryl methyl sites for hydroxylation is 1. The summed E-state index contributed by atoms with van der Waals surface area (Å²) in [6.45, 7) is 6.54. The van der Waals surface area contributed by atoms with E-state index in [9.17, 15) is 0 Å². The van der Waals surface area contributed by atoms with E-state index in [1.165, 1.54) is 29.7 Å². The van der Waals surface area contributed by atoms with Crippen LogP contribution in [0.5, 0.6) is 0 Å². The lowest BCUT2D eigenvalue weighted by atomic mass is 10.1. The van der Waals surface area contributed by atoms with E-state index in [-0.39, 0.29) is 0 Å². The maximum absolute atomic E-state index is 3.68. The van der Waals surface area contributed by atoms with Crippen LogP contribution in [0, 0.1) is 6.92 Å². The highest BCUT2D eigenvalue weighted by Gasteiger charge is 2.18. The Bertz CT molecular complexity index is 548. The minimum Gasteiger partial charge on any atom is -0.309 e. The smallest absolute Gasteiger partial charge is 0.0449 e. The van der Waals surface area contributed by atoms with E-state index < -0.39 is 0 Å². The molecule has 2 nitrogen and oxygen atoms in total. The van der Waals surface area contributed by atoms with Crippen molar-refractivity contribution in [2.45, 2.75) is 25.9 Å². The molecule has 0 aromatic heterocycles. The topological polar surface area (TPSA) is 15.3 Å². The van der Waals surface area contributed by atoms with E-state index in [0.717, 1.165) is 19.6 Å². The average Bonchev–Trinajstić information content (AvgIpc) is 2.76. The molecule has 1 atom stereocenters. The Morgan fingerprint density at radius 3 is 2.57 bits per heavy atom. The van der Waals surface area contributed by atoms with Crippen molar-refractivity contribution in [3.05, 3.63) is 71.3 Å². The number of rotatable bonds is 3. The third-order valence-electron chi connectivity index (χ3n) is 4.21. The van der Waals surface area contributed by atoms with Crippen molar-refractivity contribution >= 4 is 0 Å². The summed E-state index contributed by atoms with van der Waals surface area (Å²) in [5, 5.41) is 3.68. The summed E-state index contributed by atoms with van der Waals surface area (Å²) in [5.41, 5.74) is 4.14. The fourth-order valence-corrected chi connectivity index (χ4v) is 3.00. The normalized spacial score (nSPS) is 20.1. The van der Waals surface area contributed by atoms with Gasteiger partial charge < -0.3 is 5.32 Å². The molecule has 21 heavy (non-hydrogen) atoms. The largest absolute Gasteiger partial charge is 0.309 e. The Morgan fingerprint density at radius 2 is 1.81 bits per heavy atom. The molecule has 1 heterocycles. The second kappa shape index (κ2) is 6.88. The van der Waals surface area contributed by atoms with Gasteiger partial charge >= 0.3 is 0 Å². The zero-order valence-electron chi connectivity index (χ0n) is 12.8. The molecule has 110 valence electrons. The molecule has 0 radical (unpaired) electrons. The first kappa shape index (κ1) is 14.3. The van der Waals surface area contributed by atoms with Crippen molar-refractivity contribution in [2.24, 2.45) is 0 Å². The van der Waals surface area contributed by atoms with Gasteiger partial charge in [-0.25, -0.2) is 0 Å². The van der Waals surface area contributed by atoms with E-state index in [1.807, 2.05) is 0 Å². The van der Waals surface area contributed by atoms with E-state index in [0.29, 0.717) is 6.04 Å². The van der Waals surface area contributed by atoms with Crippen LogP contribution in [-0.2, 0) is 6.54 Å². The first-order valence-corrected chi connectivity index (χ1v) is 7.87. The number of hydrogen-bond acceptors (Lipinski definition) is 2. The van der Waals surface area contributed by atoms with Crippen molar-refractivity contribution in [3.63, 3.8) is 0 Å². The Hall–Kier alpha value is -1.64. The van der Waals surface area contributed by atoms with Crippen molar-refractivity contribution < 1.29 is 0 Å². The Balaban J connectivity index is 1.69. The van der Waals surface area contributed by atoms with Gasteiger partial charge in [0.15, 0.2) is 0 Å². The summed E-state index contributed by atoms with van der Waals surface area (Å²) in [5.74, 6) is 0. The lowest BCUT2D eigenvalue weighted by Gasteiger charge is -2.24. The quantitative estimate of drug-likeness (QED) is 0.925. The second-order valence-corrected chi connectivity index (χ2v) is 5.99. The Labute approximate surface area is 127 Å². The molecule has 2 aromatic carbocycles. The molecule has 2 heteroatoms. The summed E-state index contributed by atoms with van der Waals surface area (Å²) in [6.07, 6.45) is 1.22. The monoisotopic (exact) mass is 280 g/mol. The molecular weight excluding hydrogens is 256 g/mol.